The van der Waals surface area contributed by atoms with Crippen molar-refractivity contribution in [3.63, 3.8) is 0 Å². The molecule has 8 nitrogen and oxygen atoms in total. The fourth-order valence-electron chi connectivity index (χ4n) is 2.45. The highest BCUT2D eigenvalue weighted by Gasteiger charge is 2.28. The molecule has 1 unspecified atom stereocenters. The summed E-state index contributed by atoms with van der Waals surface area (Å²) < 4.78 is 24.0. The topological polar surface area (TPSA) is 102 Å². The van der Waals surface area contributed by atoms with E-state index in [-0.39, 0.29) is 29.8 Å². The van der Waals surface area contributed by atoms with E-state index in [9.17, 15) is 14.0 Å². The highest BCUT2D eigenvalue weighted by atomic mass is 35.5. The van der Waals surface area contributed by atoms with Gasteiger partial charge in [0.05, 0.1) is 22.8 Å². The van der Waals surface area contributed by atoms with E-state index in [2.05, 4.69) is 27.2 Å². The maximum Gasteiger partial charge on any atom is 0.257 e. The lowest BCUT2D eigenvalue weighted by atomic mass is 10.2. The van der Waals surface area contributed by atoms with Crippen molar-refractivity contribution in [3.05, 3.63) is 59.4 Å². The summed E-state index contributed by atoms with van der Waals surface area (Å²) in [5.41, 5.74) is 1.13. The molecule has 11 heteroatoms. The Labute approximate surface area is 181 Å². The molecule has 30 heavy (non-hydrogen) atoms. The van der Waals surface area contributed by atoms with E-state index in [0.717, 1.165) is 18.1 Å². The largest absolute Gasteiger partial charge is 0.484 e. The zero-order valence-electron chi connectivity index (χ0n) is 15.7. The average Bonchev–Trinajstić information content (AvgIpc) is 2.74. The van der Waals surface area contributed by atoms with Crippen LogP contribution in [0.2, 0.25) is 5.02 Å². The van der Waals surface area contributed by atoms with Gasteiger partial charge in [0.25, 0.3) is 11.8 Å². The van der Waals surface area contributed by atoms with Crippen LogP contribution in [0.15, 0.2) is 47.9 Å². The van der Waals surface area contributed by atoms with Crippen LogP contribution in [0.5, 0.6) is 5.75 Å². The molecule has 0 aliphatic carbocycles. The first-order chi connectivity index (χ1) is 14.4. The number of halogens is 2. The van der Waals surface area contributed by atoms with Crippen molar-refractivity contribution < 1.29 is 22.9 Å². The standard InChI is InChI=1S/C19H18ClFN4O4S/c1-11(25-18(27)16-9-15-19(30-29-16)24-7-6-22-15)4-5-23-17(26)10-28-12-2-3-13(20)14(21)8-12/h2-3,6-8,16H,1,4-5,9-10H2,(H,23,26)(H,25,27). The van der Waals surface area contributed by atoms with Crippen molar-refractivity contribution in [1.82, 2.24) is 20.6 Å². The van der Waals surface area contributed by atoms with Gasteiger partial charge in [-0.2, -0.15) is 0 Å². The molecule has 0 spiro atoms. The molecule has 2 aromatic rings. The molecule has 1 aromatic heterocycles. The van der Waals surface area contributed by atoms with Gasteiger partial charge in [0.1, 0.15) is 16.6 Å². The molecule has 0 bridgehead atoms. The van der Waals surface area contributed by atoms with Gasteiger partial charge >= 0.3 is 0 Å². The number of nitrogens with zero attached hydrogens (tertiary/aromatic N) is 2. The van der Waals surface area contributed by atoms with E-state index in [0.29, 0.717) is 29.3 Å². The molecule has 2 amide bonds. The zero-order valence-corrected chi connectivity index (χ0v) is 17.3. The van der Waals surface area contributed by atoms with Crippen LogP contribution in [-0.2, 0) is 20.2 Å². The molecule has 0 radical (unpaired) electrons. The molecule has 2 N–H and O–H groups in total. The average molecular weight is 453 g/mol. The quantitative estimate of drug-likeness (QED) is 0.593. The van der Waals surface area contributed by atoms with Crippen LogP contribution in [0.4, 0.5) is 4.39 Å². The fourth-order valence-corrected chi connectivity index (χ4v) is 3.27. The molecule has 3 rings (SSSR count). The van der Waals surface area contributed by atoms with Gasteiger partial charge in [0, 0.05) is 43.5 Å². The van der Waals surface area contributed by atoms with Crippen LogP contribution in [-0.4, -0.2) is 41.0 Å². The van der Waals surface area contributed by atoms with E-state index in [1.165, 1.54) is 12.1 Å². The summed E-state index contributed by atoms with van der Waals surface area (Å²) in [6.45, 7) is 3.74. The lowest BCUT2D eigenvalue weighted by molar-refractivity contribution is -0.126. The molecule has 0 fully saturated rings. The SMILES string of the molecule is C=C(CCNC(=O)COc1ccc(Cl)c(F)c1)NC(=O)C1Cc2nccnc2SO1. The van der Waals surface area contributed by atoms with Gasteiger partial charge in [-0.15, -0.1) is 0 Å². The highest BCUT2D eigenvalue weighted by Crippen LogP contribution is 2.28. The van der Waals surface area contributed by atoms with Crippen LogP contribution in [0.1, 0.15) is 12.1 Å². The predicted octanol–water partition coefficient (Wildman–Crippen LogP) is 2.43. The third-order valence-corrected chi connectivity index (χ3v) is 5.09. The first-order valence-corrected chi connectivity index (χ1v) is 10.0. The minimum absolute atomic E-state index is 0.0262. The Morgan fingerprint density at radius 2 is 2.17 bits per heavy atom. The lowest BCUT2D eigenvalue weighted by Crippen LogP contribution is -2.38. The number of hydrogen-bond acceptors (Lipinski definition) is 7. The minimum Gasteiger partial charge on any atom is -0.484 e. The molecule has 2 heterocycles. The molecular weight excluding hydrogens is 435 g/mol. The summed E-state index contributed by atoms with van der Waals surface area (Å²) >= 11 is 6.60. The van der Waals surface area contributed by atoms with Crippen molar-refractivity contribution in [1.29, 1.82) is 0 Å². The smallest absolute Gasteiger partial charge is 0.257 e. The summed E-state index contributed by atoms with van der Waals surface area (Å²) in [5, 5.41) is 5.91. The van der Waals surface area contributed by atoms with Gasteiger partial charge in [-0.3, -0.25) is 18.8 Å². The van der Waals surface area contributed by atoms with Gasteiger partial charge in [-0.1, -0.05) is 18.2 Å². The van der Waals surface area contributed by atoms with E-state index in [4.69, 9.17) is 20.5 Å². The van der Waals surface area contributed by atoms with Gasteiger partial charge in [-0.25, -0.2) is 9.37 Å². The zero-order chi connectivity index (χ0) is 21.5. The number of amides is 2. The Morgan fingerprint density at radius 3 is 2.97 bits per heavy atom. The van der Waals surface area contributed by atoms with E-state index in [1.54, 1.807) is 12.4 Å². The number of nitrogens with one attached hydrogen (secondary N) is 2. The van der Waals surface area contributed by atoms with Crippen molar-refractivity contribution >= 4 is 35.5 Å². The predicted molar refractivity (Wildman–Crippen MR) is 108 cm³/mol. The first kappa shape index (κ1) is 22.0. The van der Waals surface area contributed by atoms with Crippen molar-refractivity contribution in [2.45, 2.75) is 24.0 Å². The van der Waals surface area contributed by atoms with E-state index >= 15 is 0 Å². The fraction of sp³-hybridized carbons (Fsp3) is 0.263. The minimum atomic E-state index is -0.710. The first-order valence-electron chi connectivity index (χ1n) is 8.89. The Morgan fingerprint density at radius 1 is 1.37 bits per heavy atom. The van der Waals surface area contributed by atoms with Crippen LogP contribution in [0.3, 0.4) is 0 Å². The number of hydrogen-bond donors (Lipinski definition) is 2. The van der Waals surface area contributed by atoms with Crippen molar-refractivity contribution in [2.24, 2.45) is 0 Å². The number of fused-ring (bicyclic) bond motifs is 1. The van der Waals surface area contributed by atoms with Gasteiger partial charge in [0.2, 0.25) is 0 Å². The van der Waals surface area contributed by atoms with Crippen LogP contribution in [0, 0.1) is 5.82 Å². The molecular formula is C19H18ClFN4O4S. The third-order valence-electron chi connectivity index (χ3n) is 3.96. The van der Waals surface area contributed by atoms with Gasteiger partial charge in [-0.05, 0) is 12.1 Å². The van der Waals surface area contributed by atoms with Crippen LogP contribution < -0.4 is 15.4 Å². The van der Waals surface area contributed by atoms with Gasteiger partial charge in [0.15, 0.2) is 12.7 Å². The summed E-state index contributed by atoms with van der Waals surface area (Å²) in [5.74, 6) is -1.17. The molecule has 1 aliphatic rings. The molecule has 1 atom stereocenters. The molecule has 0 saturated heterocycles. The summed E-state index contributed by atoms with van der Waals surface area (Å²) in [7, 11) is 0. The second-order valence-corrected chi connectivity index (χ2v) is 7.39. The Bertz CT molecular complexity index is 962. The Kier molecular flexibility index (Phi) is 7.61. The van der Waals surface area contributed by atoms with Crippen molar-refractivity contribution in [3.8, 4) is 5.75 Å². The summed E-state index contributed by atoms with van der Waals surface area (Å²) in [6.07, 6.45) is 3.05. The third kappa shape index (κ3) is 6.15. The molecule has 1 aliphatic heterocycles. The van der Waals surface area contributed by atoms with E-state index in [1.807, 2.05) is 0 Å². The normalized spacial score (nSPS) is 15.1. The second-order valence-electron chi connectivity index (χ2n) is 6.24. The number of ether oxygens (including phenoxy) is 1. The van der Waals surface area contributed by atoms with Crippen LogP contribution in [0.25, 0.3) is 0 Å². The second kappa shape index (κ2) is 10.4. The number of benzene rings is 1. The monoisotopic (exact) mass is 452 g/mol. The number of carbonyl (C=O) groups excluding carboxylic acids is 2. The summed E-state index contributed by atoms with van der Waals surface area (Å²) in [4.78, 5) is 32.5. The number of rotatable bonds is 8. The lowest BCUT2D eigenvalue weighted by Gasteiger charge is -2.21. The summed E-state index contributed by atoms with van der Waals surface area (Å²) in [6, 6.07) is 3.91. The maximum absolute atomic E-state index is 13.3. The molecule has 1 aromatic carbocycles. The number of carbonyl (C=O) groups is 2. The maximum atomic E-state index is 13.3. The van der Waals surface area contributed by atoms with Gasteiger partial charge < -0.3 is 15.4 Å². The Balaban J connectivity index is 1.35. The van der Waals surface area contributed by atoms with Crippen LogP contribution >= 0.6 is 23.6 Å². The van der Waals surface area contributed by atoms with E-state index < -0.39 is 17.8 Å². The number of aromatic nitrogens is 2. The highest BCUT2D eigenvalue weighted by molar-refractivity contribution is 7.94. The van der Waals surface area contributed by atoms with Crippen molar-refractivity contribution in [2.75, 3.05) is 13.2 Å². The Hall–Kier alpha value is -2.69. The molecule has 0 saturated carbocycles. The molecule has 158 valence electrons.